The predicted molar refractivity (Wildman–Crippen MR) is 143 cm³/mol. The first-order valence-electron chi connectivity index (χ1n) is 12.1. The van der Waals surface area contributed by atoms with Gasteiger partial charge in [0.15, 0.2) is 0 Å². The van der Waals surface area contributed by atoms with Crippen LogP contribution < -0.4 is 15.6 Å². The van der Waals surface area contributed by atoms with Crippen molar-refractivity contribution in [2.24, 2.45) is 0 Å². The summed E-state index contributed by atoms with van der Waals surface area (Å²) in [7, 11) is 1.39. The number of nitrogens with one attached hydrogen (secondary N) is 2. The number of esters is 1. The van der Waals surface area contributed by atoms with E-state index in [1.54, 1.807) is 12.1 Å². The number of aromatic nitrogens is 1. The maximum atomic E-state index is 12.1. The van der Waals surface area contributed by atoms with Crippen LogP contribution >= 0.6 is 0 Å². The summed E-state index contributed by atoms with van der Waals surface area (Å²) in [5.74, 6) is 0.331. The second-order valence-corrected chi connectivity index (χ2v) is 9.54. The minimum atomic E-state index is -0.330. The second kappa shape index (κ2) is 11.2. The van der Waals surface area contributed by atoms with Crippen molar-refractivity contribution in [3.8, 4) is 5.75 Å². The van der Waals surface area contributed by atoms with E-state index in [0.717, 1.165) is 47.0 Å². The van der Waals surface area contributed by atoms with Gasteiger partial charge in [-0.1, -0.05) is 48.5 Å². The molecule has 0 spiro atoms. The Hall–Kier alpha value is -3.90. The van der Waals surface area contributed by atoms with E-state index in [1.807, 2.05) is 60.7 Å². The Balaban J connectivity index is 1.44. The molecule has 2 N–H and O–H groups in total. The number of hydrogen-bond donors (Lipinski definition) is 2. The van der Waals surface area contributed by atoms with Crippen LogP contribution in [0.2, 0.25) is 0 Å². The van der Waals surface area contributed by atoms with Gasteiger partial charge in [-0.05, 0) is 74.2 Å². The molecule has 0 atom stereocenters. The smallest absolute Gasteiger partial charge is 0.337 e. The zero-order valence-corrected chi connectivity index (χ0v) is 21.0. The quantitative estimate of drug-likeness (QED) is 0.308. The summed E-state index contributed by atoms with van der Waals surface area (Å²) in [6.45, 7) is 5.48. The van der Waals surface area contributed by atoms with Gasteiger partial charge in [0, 0.05) is 17.0 Å². The number of fused-ring (bicyclic) bond motifs is 1. The van der Waals surface area contributed by atoms with Crippen molar-refractivity contribution in [1.29, 1.82) is 0 Å². The van der Waals surface area contributed by atoms with Crippen molar-refractivity contribution in [3.05, 3.63) is 111 Å². The maximum absolute atomic E-state index is 12.1. The molecule has 6 nitrogen and oxygen atoms in total. The summed E-state index contributed by atoms with van der Waals surface area (Å²) < 4.78 is 10.9. The molecule has 0 saturated heterocycles. The molecule has 4 aromatic rings. The number of H-pyrrole nitrogens is 1. The first kappa shape index (κ1) is 25.2. The third-order valence-electron chi connectivity index (χ3n) is 6.18. The molecule has 0 saturated carbocycles. The SMILES string of the molecule is COC(=O)c1cccc(CC(C)(C)NCCc2ccc(OCc3ccccc3)c3[nH]c(=O)ccc23)c1. The average Bonchev–Trinajstić information content (AvgIpc) is 2.87. The highest BCUT2D eigenvalue weighted by atomic mass is 16.5. The fourth-order valence-electron chi connectivity index (χ4n) is 4.39. The molecular formula is C30H32N2O4. The van der Waals surface area contributed by atoms with Gasteiger partial charge in [-0.25, -0.2) is 4.79 Å². The summed E-state index contributed by atoms with van der Waals surface area (Å²) in [5.41, 5.74) is 4.20. The predicted octanol–water partition coefficient (Wildman–Crippen LogP) is 5.05. The highest BCUT2D eigenvalue weighted by Crippen LogP contribution is 2.27. The summed E-state index contributed by atoms with van der Waals surface area (Å²) in [6.07, 6.45) is 1.55. The lowest BCUT2D eigenvalue weighted by atomic mass is 9.93. The Kier molecular flexibility index (Phi) is 7.86. The van der Waals surface area contributed by atoms with Gasteiger partial charge in [-0.3, -0.25) is 4.79 Å². The topological polar surface area (TPSA) is 80.4 Å². The van der Waals surface area contributed by atoms with E-state index in [0.29, 0.717) is 17.9 Å². The number of rotatable bonds is 10. The molecule has 0 aliphatic heterocycles. The number of methoxy groups -OCH3 is 1. The molecule has 36 heavy (non-hydrogen) atoms. The van der Waals surface area contributed by atoms with Gasteiger partial charge >= 0.3 is 5.97 Å². The van der Waals surface area contributed by atoms with E-state index in [1.165, 1.54) is 7.11 Å². The summed E-state index contributed by atoms with van der Waals surface area (Å²) in [5, 5.41) is 4.61. The third-order valence-corrected chi connectivity index (χ3v) is 6.18. The highest BCUT2D eigenvalue weighted by molar-refractivity contribution is 5.89. The molecule has 1 heterocycles. The van der Waals surface area contributed by atoms with E-state index in [-0.39, 0.29) is 17.1 Å². The van der Waals surface area contributed by atoms with Crippen molar-refractivity contribution in [3.63, 3.8) is 0 Å². The molecule has 0 aliphatic rings. The van der Waals surface area contributed by atoms with Gasteiger partial charge in [0.2, 0.25) is 5.56 Å². The molecule has 0 amide bonds. The summed E-state index contributed by atoms with van der Waals surface area (Å²) in [4.78, 5) is 26.9. The highest BCUT2D eigenvalue weighted by Gasteiger charge is 2.19. The Morgan fingerprint density at radius 3 is 2.50 bits per heavy atom. The fourth-order valence-corrected chi connectivity index (χ4v) is 4.39. The molecule has 0 unspecified atom stereocenters. The molecule has 4 rings (SSSR count). The van der Waals surface area contributed by atoms with Crippen LogP contribution in [0, 0.1) is 0 Å². The number of hydrogen-bond acceptors (Lipinski definition) is 5. The van der Waals surface area contributed by atoms with Gasteiger partial charge in [0.25, 0.3) is 0 Å². The lowest BCUT2D eigenvalue weighted by Crippen LogP contribution is -2.42. The number of pyridine rings is 1. The first-order valence-corrected chi connectivity index (χ1v) is 12.1. The molecule has 0 radical (unpaired) electrons. The van der Waals surface area contributed by atoms with Crippen molar-refractivity contribution < 1.29 is 14.3 Å². The zero-order valence-electron chi connectivity index (χ0n) is 21.0. The number of ether oxygens (including phenoxy) is 2. The maximum Gasteiger partial charge on any atom is 0.337 e. The summed E-state index contributed by atoms with van der Waals surface area (Å²) in [6, 6.07) is 24.9. The van der Waals surface area contributed by atoms with Crippen LogP contribution in [0.15, 0.2) is 83.7 Å². The normalized spacial score (nSPS) is 11.4. The molecule has 186 valence electrons. The van der Waals surface area contributed by atoms with Crippen molar-refractivity contribution in [1.82, 2.24) is 10.3 Å². The van der Waals surface area contributed by atoms with Crippen molar-refractivity contribution >= 4 is 16.9 Å². The summed E-state index contributed by atoms with van der Waals surface area (Å²) >= 11 is 0. The number of aromatic amines is 1. The monoisotopic (exact) mass is 484 g/mol. The second-order valence-electron chi connectivity index (χ2n) is 9.54. The van der Waals surface area contributed by atoms with E-state index < -0.39 is 0 Å². The van der Waals surface area contributed by atoms with Crippen LogP contribution in [0.3, 0.4) is 0 Å². The zero-order chi connectivity index (χ0) is 25.5. The van der Waals surface area contributed by atoms with Gasteiger partial charge in [0.05, 0.1) is 18.2 Å². The van der Waals surface area contributed by atoms with Crippen LogP contribution in [-0.2, 0) is 24.2 Å². The lowest BCUT2D eigenvalue weighted by Gasteiger charge is -2.27. The van der Waals surface area contributed by atoms with E-state index >= 15 is 0 Å². The lowest BCUT2D eigenvalue weighted by molar-refractivity contribution is 0.0600. The molecule has 0 bridgehead atoms. The molecule has 0 aliphatic carbocycles. The van der Waals surface area contributed by atoms with Gasteiger partial charge in [-0.2, -0.15) is 0 Å². The Morgan fingerprint density at radius 1 is 0.944 bits per heavy atom. The van der Waals surface area contributed by atoms with Crippen LogP contribution in [0.1, 0.15) is 40.9 Å². The molecule has 3 aromatic carbocycles. The van der Waals surface area contributed by atoms with Crippen LogP contribution in [0.5, 0.6) is 5.75 Å². The number of benzene rings is 3. The van der Waals surface area contributed by atoms with Crippen LogP contribution in [-0.4, -0.2) is 30.1 Å². The molecular weight excluding hydrogens is 452 g/mol. The molecule has 6 heteroatoms. The minimum Gasteiger partial charge on any atom is -0.487 e. The van der Waals surface area contributed by atoms with Crippen molar-refractivity contribution in [2.75, 3.05) is 13.7 Å². The fraction of sp³-hybridized carbons (Fsp3) is 0.267. The number of carbonyl (C=O) groups excluding carboxylic acids is 1. The van der Waals surface area contributed by atoms with E-state index in [4.69, 9.17) is 9.47 Å². The first-order chi connectivity index (χ1) is 17.3. The Labute approximate surface area is 211 Å². The van der Waals surface area contributed by atoms with E-state index in [9.17, 15) is 9.59 Å². The van der Waals surface area contributed by atoms with Crippen LogP contribution in [0.4, 0.5) is 0 Å². The average molecular weight is 485 g/mol. The van der Waals surface area contributed by atoms with Crippen molar-refractivity contribution in [2.45, 2.75) is 38.8 Å². The minimum absolute atomic E-state index is 0.155. The third kappa shape index (κ3) is 6.40. The Bertz CT molecular complexity index is 1390. The molecule has 1 aromatic heterocycles. The van der Waals surface area contributed by atoms with Gasteiger partial charge < -0.3 is 19.8 Å². The number of carbonyl (C=O) groups is 1. The Morgan fingerprint density at radius 2 is 1.72 bits per heavy atom. The van der Waals surface area contributed by atoms with Crippen LogP contribution in [0.25, 0.3) is 10.9 Å². The largest absolute Gasteiger partial charge is 0.487 e. The van der Waals surface area contributed by atoms with Gasteiger partial charge in [-0.15, -0.1) is 0 Å². The van der Waals surface area contributed by atoms with Gasteiger partial charge in [0.1, 0.15) is 12.4 Å². The standard InChI is InChI=1S/C30H32N2O4/c1-30(2,19-22-10-7-11-24(18-22)29(34)35-3)31-17-16-23-12-14-26(28-25(23)13-15-27(33)32-28)36-20-21-8-5-4-6-9-21/h4-15,18,31H,16-17,19-20H2,1-3H3,(H,32,33). The molecule has 0 fully saturated rings. The van der Waals surface area contributed by atoms with E-state index in [2.05, 4.69) is 30.2 Å².